The fourth-order valence-corrected chi connectivity index (χ4v) is 4.19. The molecule has 0 N–H and O–H groups in total. The lowest BCUT2D eigenvalue weighted by molar-refractivity contribution is 0.666. The molecule has 2 heteroatoms. The van der Waals surface area contributed by atoms with Crippen LogP contribution in [-0.4, -0.2) is 0 Å². The van der Waals surface area contributed by atoms with Crippen LogP contribution in [0.3, 0.4) is 0 Å². The maximum atomic E-state index is 6.09. The van der Waals surface area contributed by atoms with Crippen molar-refractivity contribution in [3.05, 3.63) is 83.9 Å². The molecule has 0 radical (unpaired) electrons. The number of benzene rings is 4. The van der Waals surface area contributed by atoms with Crippen molar-refractivity contribution in [2.24, 2.45) is 0 Å². The van der Waals surface area contributed by atoms with Crippen molar-refractivity contribution in [2.45, 2.75) is 13.8 Å². The van der Waals surface area contributed by atoms with Crippen LogP contribution in [0.4, 0.5) is 0 Å². The van der Waals surface area contributed by atoms with E-state index >= 15 is 0 Å². The molecule has 6 aromatic rings. The molecule has 0 aliphatic carbocycles. The Hall–Kier alpha value is -3.52. The molecule has 0 bridgehead atoms. The van der Waals surface area contributed by atoms with Crippen LogP contribution in [0, 0.1) is 13.8 Å². The fraction of sp³-hybridized carbons (Fsp3) is 0.0769. The highest BCUT2D eigenvalue weighted by Gasteiger charge is 2.12. The van der Waals surface area contributed by atoms with Gasteiger partial charge in [0.15, 0.2) is 0 Å². The molecule has 28 heavy (non-hydrogen) atoms. The second-order valence-electron chi connectivity index (χ2n) is 7.58. The summed E-state index contributed by atoms with van der Waals surface area (Å²) in [5, 5.41) is 4.65. The van der Waals surface area contributed by atoms with Gasteiger partial charge in [-0.15, -0.1) is 0 Å². The Bertz CT molecular complexity index is 1510. The van der Waals surface area contributed by atoms with Gasteiger partial charge in [-0.25, -0.2) is 0 Å². The van der Waals surface area contributed by atoms with Gasteiger partial charge in [0.2, 0.25) is 0 Å². The maximum Gasteiger partial charge on any atom is 0.138 e. The summed E-state index contributed by atoms with van der Waals surface area (Å²) in [4.78, 5) is 0. The van der Waals surface area contributed by atoms with Crippen molar-refractivity contribution in [3.8, 4) is 11.1 Å². The minimum absolute atomic E-state index is 0.926. The average molecular weight is 362 g/mol. The Morgan fingerprint density at radius 2 is 1.14 bits per heavy atom. The van der Waals surface area contributed by atoms with Gasteiger partial charge in [0.05, 0.1) is 0 Å². The number of fused-ring (bicyclic) bond motifs is 6. The summed E-state index contributed by atoms with van der Waals surface area (Å²) in [6.07, 6.45) is 0. The second kappa shape index (κ2) is 5.49. The number of furan rings is 2. The third kappa shape index (κ3) is 2.15. The predicted octanol–water partition coefficient (Wildman–Crippen LogP) is 7.77. The first-order valence-corrected chi connectivity index (χ1v) is 9.52. The molecule has 0 aliphatic rings. The largest absolute Gasteiger partial charge is 0.456 e. The van der Waals surface area contributed by atoms with Crippen LogP contribution in [0.5, 0.6) is 0 Å². The summed E-state index contributed by atoms with van der Waals surface area (Å²) < 4.78 is 12.1. The smallest absolute Gasteiger partial charge is 0.138 e. The Morgan fingerprint density at radius 1 is 0.536 bits per heavy atom. The molecular weight excluding hydrogens is 344 g/mol. The molecule has 4 aromatic carbocycles. The first-order valence-electron chi connectivity index (χ1n) is 9.52. The fourth-order valence-electron chi connectivity index (χ4n) is 4.19. The van der Waals surface area contributed by atoms with Crippen molar-refractivity contribution in [1.29, 1.82) is 0 Å². The van der Waals surface area contributed by atoms with Crippen molar-refractivity contribution < 1.29 is 8.83 Å². The molecule has 0 unspecified atom stereocenters. The van der Waals surface area contributed by atoms with Crippen molar-refractivity contribution in [2.75, 3.05) is 0 Å². The number of aryl methyl sites for hydroxylation is 2. The van der Waals surface area contributed by atoms with Crippen molar-refractivity contribution >= 4 is 43.9 Å². The summed E-state index contributed by atoms with van der Waals surface area (Å²) in [5.41, 5.74) is 8.53. The summed E-state index contributed by atoms with van der Waals surface area (Å²) in [6.45, 7) is 4.20. The van der Waals surface area contributed by atoms with Crippen molar-refractivity contribution in [1.82, 2.24) is 0 Å². The first-order chi connectivity index (χ1) is 13.7. The first kappa shape index (κ1) is 15.5. The molecule has 0 fully saturated rings. The van der Waals surface area contributed by atoms with E-state index < -0.39 is 0 Å². The van der Waals surface area contributed by atoms with Crippen LogP contribution < -0.4 is 0 Å². The van der Waals surface area contributed by atoms with E-state index in [1.165, 1.54) is 27.5 Å². The molecule has 0 atom stereocenters. The van der Waals surface area contributed by atoms with Crippen LogP contribution >= 0.6 is 0 Å². The highest BCUT2D eigenvalue weighted by Crippen LogP contribution is 2.36. The van der Waals surface area contributed by atoms with E-state index in [1.807, 2.05) is 0 Å². The van der Waals surface area contributed by atoms with E-state index in [-0.39, 0.29) is 0 Å². The van der Waals surface area contributed by atoms with Gasteiger partial charge in [0.1, 0.15) is 22.3 Å². The van der Waals surface area contributed by atoms with Gasteiger partial charge < -0.3 is 8.83 Å². The Morgan fingerprint density at radius 3 is 1.89 bits per heavy atom. The monoisotopic (exact) mass is 362 g/mol. The van der Waals surface area contributed by atoms with E-state index in [4.69, 9.17) is 8.83 Å². The minimum Gasteiger partial charge on any atom is -0.456 e. The lowest BCUT2D eigenvalue weighted by Crippen LogP contribution is -1.78. The Kier molecular flexibility index (Phi) is 3.05. The van der Waals surface area contributed by atoms with Gasteiger partial charge in [0.25, 0.3) is 0 Å². The molecule has 0 saturated carbocycles. The third-order valence-corrected chi connectivity index (χ3v) is 5.65. The van der Waals surface area contributed by atoms with E-state index in [9.17, 15) is 0 Å². The predicted molar refractivity (Wildman–Crippen MR) is 116 cm³/mol. The average Bonchev–Trinajstić information content (AvgIpc) is 3.26. The van der Waals surface area contributed by atoms with Crippen LogP contribution in [0.25, 0.3) is 55.0 Å². The molecule has 2 heterocycles. The van der Waals surface area contributed by atoms with Crippen molar-refractivity contribution in [3.63, 3.8) is 0 Å². The Labute approximate surface area is 162 Å². The van der Waals surface area contributed by atoms with Gasteiger partial charge in [-0.1, -0.05) is 42.0 Å². The second-order valence-corrected chi connectivity index (χ2v) is 7.58. The van der Waals surface area contributed by atoms with E-state index in [1.54, 1.807) is 0 Å². The van der Waals surface area contributed by atoms with E-state index in [0.29, 0.717) is 0 Å². The zero-order valence-electron chi connectivity index (χ0n) is 15.7. The van der Waals surface area contributed by atoms with Crippen LogP contribution in [0.1, 0.15) is 11.1 Å². The van der Waals surface area contributed by atoms with E-state index in [0.717, 1.165) is 38.7 Å². The quantitative estimate of drug-likeness (QED) is 0.299. The highest BCUT2D eigenvalue weighted by atomic mass is 16.3. The molecular formula is C26H18O2. The Balaban J connectivity index is 1.60. The molecule has 0 aliphatic heterocycles. The lowest BCUT2D eigenvalue weighted by atomic mass is 10.00. The number of hydrogen-bond donors (Lipinski definition) is 0. The third-order valence-electron chi connectivity index (χ3n) is 5.65. The van der Waals surface area contributed by atoms with Gasteiger partial charge in [-0.05, 0) is 66.9 Å². The standard InChI is InChI=1S/C26H18O2/c1-15-6-9-23-20(12-15)22-14-18(7-10-24(22)27-23)17-8-11-25-21(13-17)19-5-3-4-16(2)26(19)28-25/h3-14H,1-2H3. The van der Waals surface area contributed by atoms with E-state index in [2.05, 4.69) is 86.6 Å². The summed E-state index contributed by atoms with van der Waals surface area (Å²) >= 11 is 0. The SMILES string of the molecule is Cc1ccc2oc3ccc(-c4ccc5oc6c(C)cccc6c5c4)cc3c2c1. The maximum absolute atomic E-state index is 6.09. The number of para-hydroxylation sites is 1. The molecule has 2 nitrogen and oxygen atoms in total. The van der Waals surface area contributed by atoms with Crippen LogP contribution in [0.2, 0.25) is 0 Å². The van der Waals surface area contributed by atoms with Gasteiger partial charge in [-0.3, -0.25) is 0 Å². The normalized spacial score (nSPS) is 11.9. The summed E-state index contributed by atoms with van der Waals surface area (Å²) in [6, 6.07) is 25.5. The summed E-state index contributed by atoms with van der Waals surface area (Å²) in [7, 11) is 0. The number of rotatable bonds is 1. The van der Waals surface area contributed by atoms with Gasteiger partial charge in [-0.2, -0.15) is 0 Å². The molecule has 2 aromatic heterocycles. The molecule has 134 valence electrons. The van der Waals surface area contributed by atoms with Gasteiger partial charge in [0, 0.05) is 21.5 Å². The molecule has 6 rings (SSSR count). The topological polar surface area (TPSA) is 26.3 Å². The summed E-state index contributed by atoms with van der Waals surface area (Å²) in [5.74, 6) is 0. The number of hydrogen-bond acceptors (Lipinski definition) is 2. The van der Waals surface area contributed by atoms with Crippen LogP contribution in [-0.2, 0) is 0 Å². The molecule has 0 spiro atoms. The zero-order chi connectivity index (χ0) is 18.8. The van der Waals surface area contributed by atoms with Gasteiger partial charge >= 0.3 is 0 Å². The van der Waals surface area contributed by atoms with Crippen LogP contribution in [0.15, 0.2) is 81.6 Å². The minimum atomic E-state index is 0.926. The molecule has 0 amide bonds. The highest BCUT2D eigenvalue weighted by molar-refractivity contribution is 6.09. The zero-order valence-corrected chi connectivity index (χ0v) is 15.7. The molecule has 0 saturated heterocycles. The lowest BCUT2D eigenvalue weighted by Gasteiger charge is -2.02.